The predicted molar refractivity (Wildman–Crippen MR) is 70.0 cm³/mol. The highest BCUT2D eigenvalue weighted by molar-refractivity contribution is 5.47. The second-order valence-electron chi connectivity index (χ2n) is 4.07. The van der Waals surface area contributed by atoms with Gasteiger partial charge in [-0.3, -0.25) is 0 Å². The van der Waals surface area contributed by atoms with Crippen molar-refractivity contribution in [1.82, 2.24) is 0 Å². The Morgan fingerprint density at radius 3 is 2.65 bits per heavy atom. The summed E-state index contributed by atoms with van der Waals surface area (Å²) in [7, 11) is 1.72. The van der Waals surface area contributed by atoms with E-state index < -0.39 is 0 Å². The van der Waals surface area contributed by atoms with Gasteiger partial charge in [-0.25, -0.2) is 0 Å². The average molecular weight is 232 g/mol. The van der Waals surface area contributed by atoms with E-state index in [2.05, 4.69) is 30.0 Å². The Kier molecular flexibility index (Phi) is 6.13. The van der Waals surface area contributed by atoms with Gasteiger partial charge in [-0.15, -0.1) is 0 Å². The Morgan fingerprint density at radius 2 is 2.06 bits per heavy atom. The summed E-state index contributed by atoms with van der Waals surface area (Å²) in [6.45, 7) is 3.69. The van der Waals surface area contributed by atoms with Crippen molar-refractivity contribution in [1.29, 1.82) is 5.26 Å². The molecular weight excluding hydrogens is 212 g/mol. The number of hydrogen-bond acceptors (Lipinski definition) is 3. The van der Waals surface area contributed by atoms with E-state index in [1.807, 2.05) is 18.2 Å². The zero-order chi connectivity index (χ0) is 12.5. The van der Waals surface area contributed by atoms with Crippen LogP contribution in [0, 0.1) is 11.3 Å². The first-order valence-electron chi connectivity index (χ1n) is 5.97. The summed E-state index contributed by atoms with van der Waals surface area (Å²) in [4.78, 5) is 2.27. The highest BCUT2D eigenvalue weighted by Crippen LogP contribution is 2.18. The van der Waals surface area contributed by atoms with Gasteiger partial charge in [0.1, 0.15) is 0 Å². The van der Waals surface area contributed by atoms with E-state index in [4.69, 9.17) is 10.00 Å². The Hall–Kier alpha value is -1.53. The molecule has 0 fully saturated rings. The van der Waals surface area contributed by atoms with Gasteiger partial charge in [0, 0.05) is 32.0 Å². The molecule has 0 aliphatic rings. The van der Waals surface area contributed by atoms with Gasteiger partial charge in [0.05, 0.1) is 12.5 Å². The van der Waals surface area contributed by atoms with E-state index in [1.54, 1.807) is 7.11 Å². The largest absolute Gasteiger partial charge is 0.385 e. The van der Waals surface area contributed by atoms with Gasteiger partial charge >= 0.3 is 0 Å². The molecule has 1 unspecified atom stereocenters. The van der Waals surface area contributed by atoms with Crippen molar-refractivity contribution in [3.63, 3.8) is 0 Å². The molecule has 1 aromatic rings. The molecule has 0 spiro atoms. The van der Waals surface area contributed by atoms with Crippen molar-refractivity contribution in [3.05, 3.63) is 30.3 Å². The Balaban J connectivity index is 2.70. The van der Waals surface area contributed by atoms with Crippen LogP contribution in [0.25, 0.3) is 0 Å². The van der Waals surface area contributed by atoms with Gasteiger partial charge in [0.15, 0.2) is 0 Å². The molecule has 0 aliphatic carbocycles. The van der Waals surface area contributed by atoms with Crippen LogP contribution >= 0.6 is 0 Å². The topological polar surface area (TPSA) is 36.3 Å². The Morgan fingerprint density at radius 1 is 1.35 bits per heavy atom. The molecule has 1 atom stereocenters. The molecule has 0 saturated heterocycles. The first kappa shape index (κ1) is 13.5. The maximum absolute atomic E-state index is 8.72. The summed E-state index contributed by atoms with van der Waals surface area (Å²) < 4.78 is 5.11. The summed E-state index contributed by atoms with van der Waals surface area (Å²) in [6.07, 6.45) is 1.52. The van der Waals surface area contributed by atoms with Crippen LogP contribution in [0.5, 0.6) is 0 Å². The lowest BCUT2D eigenvalue weighted by molar-refractivity contribution is 0.188. The molecule has 0 amide bonds. The van der Waals surface area contributed by atoms with Gasteiger partial charge in [-0.1, -0.05) is 18.2 Å². The van der Waals surface area contributed by atoms with Crippen LogP contribution in [0.1, 0.15) is 19.8 Å². The lowest BCUT2D eigenvalue weighted by Crippen LogP contribution is -2.34. The number of methoxy groups -OCH3 is 1. The van der Waals surface area contributed by atoms with Gasteiger partial charge in [-0.05, 0) is 25.5 Å². The minimum Gasteiger partial charge on any atom is -0.385 e. The normalized spacial score (nSPS) is 11.8. The van der Waals surface area contributed by atoms with Crippen molar-refractivity contribution < 1.29 is 4.74 Å². The van der Waals surface area contributed by atoms with Crippen LogP contribution in [0.15, 0.2) is 30.3 Å². The van der Waals surface area contributed by atoms with E-state index in [-0.39, 0.29) is 0 Å². The third kappa shape index (κ3) is 4.46. The van der Waals surface area contributed by atoms with Crippen LogP contribution in [-0.4, -0.2) is 26.3 Å². The van der Waals surface area contributed by atoms with Crippen molar-refractivity contribution >= 4 is 5.69 Å². The monoisotopic (exact) mass is 232 g/mol. The molecule has 0 bridgehead atoms. The lowest BCUT2D eigenvalue weighted by Gasteiger charge is -2.30. The zero-order valence-electron chi connectivity index (χ0n) is 10.6. The molecule has 0 heterocycles. The number of para-hydroxylation sites is 1. The average Bonchev–Trinajstić information content (AvgIpc) is 2.38. The molecule has 17 heavy (non-hydrogen) atoms. The second kappa shape index (κ2) is 7.70. The van der Waals surface area contributed by atoms with E-state index in [0.29, 0.717) is 12.5 Å². The fraction of sp³-hybridized carbons (Fsp3) is 0.500. The fourth-order valence-electron chi connectivity index (χ4n) is 1.84. The summed E-state index contributed by atoms with van der Waals surface area (Å²) in [5.74, 6) is 0. The third-order valence-corrected chi connectivity index (χ3v) is 2.82. The molecule has 0 aliphatic heterocycles. The molecular formula is C14H20N2O. The molecule has 0 N–H and O–H groups in total. The Labute approximate surface area is 104 Å². The van der Waals surface area contributed by atoms with Crippen LogP contribution < -0.4 is 4.90 Å². The standard InChI is InChI=1S/C14H20N2O/c1-13(9-12-17-2)16(11-6-10-15)14-7-4-3-5-8-14/h3-5,7-8,13H,6,9,11-12H2,1-2H3. The van der Waals surface area contributed by atoms with Crippen LogP contribution in [0.2, 0.25) is 0 Å². The SMILES string of the molecule is COCCC(C)N(CCC#N)c1ccccc1. The minimum atomic E-state index is 0.380. The van der Waals surface area contributed by atoms with E-state index in [0.717, 1.165) is 19.6 Å². The van der Waals surface area contributed by atoms with E-state index >= 15 is 0 Å². The number of nitriles is 1. The lowest BCUT2D eigenvalue weighted by atomic mass is 10.1. The molecule has 1 rings (SSSR count). The smallest absolute Gasteiger partial charge is 0.0640 e. The van der Waals surface area contributed by atoms with Crippen LogP contribution in [0.4, 0.5) is 5.69 Å². The highest BCUT2D eigenvalue weighted by atomic mass is 16.5. The summed E-state index contributed by atoms with van der Waals surface area (Å²) >= 11 is 0. The summed E-state index contributed by atoms with van der Waals surface area (Å²) in [5.41, 5.74) is 1.17. The molecule has 92 valence electrons. The minimum absolute atomic E-state index is 0.380. The molecule has 0 radical (unpaired) electrons. The van der Waals surface area contributed by atoms with Gasteiger partial charge in [-0.2, -0.15) is 5.26 Å². The first-order valence-corrected chi connectivity index (χ1v) is 5.97. The summed E-state index contributed by atoms with van der Waals surface area (Å²) in [6, 6.07) is 12.8. The third-order valence-electron chi connectivity index (χ3n) is 2.82. The van der Waals surface area contributed by atoms with Crippen molar-refractivity contribution in [3.8, 4) is 6.07 Å². The van der Waals surface area contributed by atoms with Crippen molar-refractivity contribution in [2.75, 3.05) is 25.2 Å². The maximum Gasteiger partial charge on any atom is 0.0640 e. The molecule has 3 nitrogen and oxygen atoms in total. The van der Waals surface area contributed by atoms with Crippen molar-refractivity contribution in [2.24, 2.45) is 0 Å². The predicted octanol–water partition coefficient (Wildman–Crippen LogP) is 2.83. The number of benzene rings is 1. The van der Waals surface area contributed by atoms with Gasteiger partial charge in [0.25, 0.3) is 0 Å². The first-order chi connectivity index (χ1) is 8.29. The Bertz CT molecular complexity index is 345. The number of anilines is 1. The number of ether oxygens (including phenoxy) is 1. The number of nitrogens with zero attached hydrogens (tertiary/aromatic N) is 2. The zero-order valence-corrected chi connectivity index (χ0v) is 10.6. The highest BCUT2D eigenvalue weighted by Gasteiger charge is 2.13. The fourth-order valence-corrected chi connectivity index (χ4v) is 1.84. The molecule has 3 heteroatoms. The van der Waals surface area contributed by atoms with Crippen LogP contribution in [0.3, 0.4) is 0 Å². The molecule has 1 aromatic carbocycles. The maximum atomic E-state index is 8.72. The second-order valence-corrected chi connectivity index (χ2v) is 4.07. The number of hydrogen-bond donors (Lipinski definition) is 0. The van der Waals surface area contributed by atoms with Crippen LogP contribution in [-0.2, 0) is 4.74 Å². The number of rotatable bonds is 7. The summed E-state index contributed by atoms with van der Waals surface area (Å²) in [5, 5.41) is 8.72. The molecule has 0 aromatic heterocycles. The van der Waals surface area contributed by atoms with Gasteiger partial charge in [0.2, 0.25) is 0 Å². The quantitative estimate of drug-likeness (QED) is 0.725. The molecule has 0 saturated carbocycles. The van der Waals surface area contributed by atoms with E-state index in [9.17, 15) is 0 Å². The van der Waals surface area contributed by atoms with Crippen molar-refractivity contribution in [2.45, 2.75) is 25.8 Å². The van der Waals surface area contributed by atoms with E-state index in [1.165, 1.54) is 5.69 Å². The van der Waals surface area contributed by atoms with Gasteiger partial charge < -0.3 is 9.64 Å².